The molecule has 16 heavy (non-hydrogen) atoms. The molecular formula is C13H18O3. The highest BCUT2D eigenvalue weighted by molar-refractivity contribution is 5.56. The maximum Gasteiger partial charge on any atom is 0.505 e. The van der Waals surface area contributed by atoms with Crippen LogP contribution in [0.1, 0.15) is 31.2 Å². The molecule has 1 N–H and O–H groups in total. The van der Waals surface area contributed by atoms with Gasteiger partial charge in [-0.3, -0.25) is 0 Å². The standard InChI is InChI=1S/C13H18O3/c14-13(15)16-11-7-2-1-4-8-12-9-5-3-6-10-12/h3,5-6,9-10H,1-2,4,7-8,11H2,(H,14,15). The van der Waals surface area contributed by atoms with Gasteiger partial charge in [-0.05, 0) is 24.8 Å². The average molecular weight is 222 g/mol. The van der Waals surface area contributed by atoms with Gasteiger partial charge in [0.05, 0.1) is 6.61 Å². The second kappa shape index (κ2) is 7.74. The van der Waals surface area contributed by atoms with Crippen LogP contribution in [0.15, 0.2) is 30.3 Å². The minimum absolute atomic E-state index is 0.320. The van der Waals surface area contributed by atoms with E-state index in [4.69, 9.17) is 5.11 Å². The first-order valence-corrected chi connectivity index (χ1v) is 5.68. The predicted molar refractivity (Wildman–Crippen MR) is 62.6 cm³/mol. The van der Waals surface area contributed by atoms with Crippen molar-refractivity contribution in [2.45, 2.75) is 32.1 Å². The molecular weight excluding hydrogens is 204 g/mol. The van der Waals surface area contributed by atoms with E-state index < -0.39 is 6.16 Å². The molecule has 1 aromatic carbocycles. The maximum atomic E-state index is 10.1. The Morgan fingerprint density at radius 1 is 1.06 bits per heavy atom. The lowest BCUT2D eigenvalue weighted by molar-refractivity contribution is 0.0900. The highest BCUT2D eigenvalue weighted by atomic mass is 16.7. The smallest absolute Gasteiger partial charge is 0.450 e. The molecule has 0 radical (unpaired) electrons. The van der Waals surface area contributed by atoms with Gasteiger partial charge in [-0.15, -0.1) is 0 Å². The molecule has 0 spiro atoms. The third-order valence-electron chi connectivity index (χ3n) is 2.43. The van der Waals surface area contributed by atoms with Crippen molar-refractivity contribution in [3.8, 4) is 0 Å². The summed E-state index contributed by atoms with van der Waals surface area (Å²) in [5.74, 6) is 0. The molecule has 1 aromatic rings. The second-order valence-electron chi connectivity index (χ2n) is 3.76. The number of hydrogen-bond acceptors (Lipinski definition) is 2. The summed E-state index contributed by atoms with van der Waals surface area (Å²) in [6.07, 6.45) is 4.04. The van der Waals surface area contributed by atoms with Gasteiger partial charge in [-0.2, -0.15) is 0 Å². The number of hydrogen-bond donors (Lipinski definition) is 1. The summed E-state index contributed by atoms with van der Waals surface area (Å²) in [6.45, 7) is 0.320. The summed E-state index contributed by atoms with van der Waals surface area (Å²) >= 11 is 0. The lowest BCUT2D eigenvalue weighted by Crippen LogP contribution is -2.01. The zero-order chi connectivity index (χ0) is 11.6. The zero-order valence-corrected chi connectivity index (χ0v) is 9.39. The van der Waals surface area contributed by atoms with E-state index in [-0.39, 0.29) is 0 Å². The SMILES string of the molecule is O=C(O)OCCCCCCc1ccccc1. The third kappa shape index (κ3) is 6.06. The molecule has 0 atom stereocenters. The van der Waals surface area contributed by atoms with Crippen LogP contribution in [0.3, 0.4) is 0 Å². The van der Waals surface area contributed by atoms with Crippen LogP contribution < -0.4 is 0 Å². The van der Waals surface area contributed by atoms with Gasteiger partial charge in [-0.25, -0.2) is 4.79 Å². The molecule has 0 saturated carbocycles. The van der Waals surface area contributed by atoms with Crippen molar-refractivity contribution in [1.29, 1.82) is 0 Å². The normalized spacial score (nSPS) is 10.0. The van der Waals surface area contributed by atoms with Gasteiger partial charge in [0.25, 0.3) is 0 Å². The van der Waals surface area contributed by atoms with Crippen molar-refractivity contribution in [3.63, 3.8) is 0 Å². The van der Waals surface area contributed by atoms with Gasteiger partial charge in [0.1, 0.15) is 0 Å². The number of carboxylic acid groups (broad SMARTS) is 1. The van der Waals surface area contributed by atoms with Gasteiger partial charge < -0.3 is 9.84 Å². The molecule has 0 saturated heterocycles. The summed E-state index contributed by atoms with van der Waals surface area (Å²) in [7, 11) is 0. The topological polar surface area (TPSA) is 46.5 Å². The van der Waals surface area contributed by atoms with Crippen LogP contribution in [0, 0.1) is 0 Å². The number of unbranched alkanes of at least 4 members (excludes halogenated alkanes) is 3. The molecule has 0 fully saturated rings. The summed E-state index contributed by atoms with van der Waals surface area (Å²) < 4.78 is 4.42. The quantitative estimate of drug-likeness (QED) is 0.567. The van der Waals surface area contributed by atoms with E-state index >= 15 is 0 Å². The first kappa shape index (κ1) is 12.6. The molecule has 0 heterocycles. The van der Waals surface area contributed by atoms with E-state index in [1.54, 1.807) is 0 Å². The molecule has 0 unspecified atom stereocenters. The van der Waals surface area contributed by atoms with E-state index in [1.165, 1.54) is 5.56 Å². The highest BCUT2D eigenvalue weighted by Crippen LogP contribution is 2.07. The van der Waals surface area contributed by atoms with E-state index in [1.807, 2.05) is 6.07 Å². The van der Waals surface area contributed by atoms with Crippen LogP contribution in [0.2, 0.25) is 0 Å². The molecule has 0 aliphatic rings. The number of ether oxygens (including phenoxy) is 1. The van der Waals surface area contributed by atoms with Crippen LogP contribution in [-0.2, 0) is 11.2 Å². The Morgan fingerprint density at radius 2 is 1.75 bits per heavy atom. The predicted octanol–water partition coefficient (Wildman–Crippen LogP) is 3.48. The monoisotopic (exact) mass is 222 g/mol. The Bertz CT molecular complexity index is 295. The first-order chi connectivity index (χ1) is 7.79. The van der Waals surface area contributed by atoms with Gasteiger partial charge in [-0.1, -0.05) is 43.2 Å². The van der Waals surface area contributed by atoms with Crippen molar-refractivity contribution >= 4 is 6.16 Å². The van der Waals surface area contributed by atoms with E-state index in [2.05, 4.69) is 29.0 Å². The molecule has 0 amide bonds. The van der Waals surface area contributed by atoms with Gasteiger partial charge in [0, 0.05) is 0 Å². The van der Waals surface area contributed by atoms with E-state index in [0.29, 0.717) is 6.61 Å². The molecule has 88 valence electrons. The Balaban J connectivity index is 1.94. The van der Waals surface area contributed by atoms with Gasteiger partial charge in [0.2, 0.25) is 0 Å². The Morgan fingerprint density at radius 3 is 2.44 bits per heavy atom. The molecule has 0 aromatic heterocycles. The van der Waals surface area contributed by atoms with Crippen LogP contribution in [0.5, 0.6) is 0 Å². The highest BCUT2D eigenvalue weighted by Gasteiger charge is 1.96. The fourth-order valence-electron chi connectivity index (χ4n) is 1.59. The van der Waals surface area contributed by atoms with Crippen molar-refractivity contribution in [1.82, 2.24) is 0 Å². The second-order valence-corrected chi connectivity index (χ2v) is 3.76. The number of carbonyl (C=O) groups is 1. The minimum atomic E-state index is -1.18. The van der Waals surface area contributed by atoms with Gasteiger partial charge in [0.15, 0.2) is 0 Å². The van der Waals surface area contributed by atoms with Crippen LogP contribution in [-0.4, -0.2) is 17.9 Å². The van der Waals surface area contributed by atoms with Crippen molar-refractivity contribution < 1.29 is 14.6 Å². The van der Waals surface area contributed by atoms with Crippen molar-refractivity contribution in [2.75, 3.05) is 6.61 Å². The number of aryl methyl sites for hydroxylation is 1. The fourth-order valence-corrected chi connectivity index (χ4v) is 1.59. The molecule has 3 nitrogen and oxygen atoms in total. The lowest BCUT2D eigenvalue weighted by atomic mass is 10.1. The number of rotatable bonds is 7. The first-order valence-electron chi connectivity index (χ1n) is 5.68. The summed E-state index contributed by atoms with van der Waals surface area (Å²) in [4.78, 5) is 10.1. The Labute approximate surface area is 96.1 Å². The minimum Gasteiger partial charge on any atom is -0.450 e. The molecule has 0 bridgehead atoms. The maximum absolute atomic E-state index is 10.1. The van der Waals surface area contributed by atoms with Crippen LogP contribution in [0.25, 0.3) is 0 Å². The van der Waals surface area contributed by atoms with Gasteiger partial charge >= 0.3 is 6.16 Å². The molecule has 1 rings (SSSR count). The van der Waals surface area contributed by atoms with E-state index in [9.17, 15) is 4.79 Å². The van der Waals surface area contributed by atoms with Crippen molar-refractivity contribution in [3.05, 3.63) is 35.9 Å². The van der Waals surface area contributed by atoms with Crippen LogP contribution >= 0.6 is 0 Å². The summed E-state index contributed by atoms with van der Waals surface area (Å²) in [6, 6.07) is 10.4. The van der Waals surface area contributed by atoms with Crippen LogP contribution in [0.4, 0.5) is 4.79 Å². The van der Waals surface area contributed by atoms with Crippen molar-refractivity contribution in [2.24, 2.45) is 0 Å². The zero-order valence-electron chi connectivity index (χ0n) is 9.39. The van der Waals surface area contributed by atoms with E-state index in [0.717, 1.165) is 32.1 Å². The largest absolute Gasteiger partial charge is 0.505 e. The third-order valence-corrected chi connectivity index (χ3v) is 2.43. The lowest BCUT2D eigenvalue weighted by Gasteiger charge is -2.02. The molecule has 0 aliphatic heterocycles. The Hall–Kier alpha value is -1.51. The average Bonchev–Trinajstić information content (AvgIpc) is 2.29. The number of benzene rings is 1. The summed E-state index contributed by atoms with van der Waals surface area (Å²) in [5.41, 5.74) is 1.37. The Kier molecular flexibility index (Phi) is 6.07. The fraction of sp³-hybridized carbons (Fsp3) is 0.462. The molecule has 0 aliphatic carbocycles. The molecule has 3 heteroatoms. The summed E-state index contributed by atoms with van der Waals surface area (Å²) in [5, 5.41) is 8.24.